The molecule has 0 aromatic heterocycles. The summed E-state index contributed by atoms with van der Waals surface area (Å²) in [6.07, 6.45) is 5.84. The second-order valence-corrected chi connectivity index (χ2v) is 3.04. The van der Waals surface area contributed by atoms with Crippen LogP contribution in [0.1, 0.15) is 39.0 Å². The van der Waals surface area contributed by atoms with Crippen LogP contribution >= 0.6 is 0 Å². The summed E-state index contributed by atoms with van der Waals surface area (Å²) in [5.41, 5.74) is 0. The van der Waals surface area contributed by atoms with Crippen molar-refractivity contribution in [1.82, 2.24) is 5.32 Å². The number of rotatable bonds is 2. The standard InChI is InChI=1S/C5H10O.C4H11N/c6-5-3-1-2-4-5;1-3-4-5-2/h5-6H,1-4H2;5H,3-4H2,1-2H3. The van der Waals surface area contributed by atoms with Crippen LogP contribution in [0.2, 0.25) is 0 Å². The van der Waals surface area contributed by atoms with E-state index in [1.807, 2.05) is 7.05 Å². The predicted octanol–water partition coefficient (Wildman–Crippen LogP) is 1.54. The number of aliphatic hydroxyl groups excluding tert-OH is 1. The SMILES string of the molecule is CCCNC.OC1CCCC1. The summed E-state index contributed by atoms with van der Waals surface area (Å²) in [6.45, 7) is 3.29. The van der Waals surface area contributed by atoms with E-state index in [4.69, 9.17) is 5.11 Å². The lowest BCUT2D eigenvalue weighted by molar-refractivity contribution is 0.183. The molecule has 0 amide bonds. The topological polar surface area (TPSA) is 32.3 Å². The largest absolute Gasteiger partial charge is 0.393 e. The molecule has 0 radical (unpaired) electrons. The van der Waals surface area contributed by atoms with E-state index in [2.05, 4.69) is 12.2 Å². The molecule has 1 aliphatic rings. The fraction of sp³-hybridized carbons (Fsp3) is 1.00. The Labute approximate surface area is 70.0 Å². The van der Waals surface area contributed by atoms with Gasteiger partial charge in [0.2, 0.25) is 0 Å². The van der Waals surface area contributed by atoms with Crippen LogP contribution in [0, 0.1) is 0 Å². The summed E-state index contributed by atoms with van der Waals surface area (Å²) >= 11 is 0. The van der Waals surface area contributed by atoms with Gasteiger partial charge >= 0.3 is 0 Å². The third-order valence-electron chi connectivity index (χ3n) is 1.82. The third kappa shape index (κ3) is 7.82. The van der Waals surface area contributed by atoms with Crippen LogP contribution < -0.4 is 5.32 Å². The summed E-state index contributed by atoms with van der Waals surface area (Å²) in [5, 5.41) is 11.7. The first-order valence-corrected chi connectivity index (χ1v) is 4.64. The van der Waals surface area contributed by atoms with Gasteiger partial charge in [-0.2, -0.15) is 0 Å². The molecule has 2 N–H and O–H groups in total. The van der Waals surface area contributed by atoms with Crippen LogP contribution in [0.25, 0.3) is 0 Å². The highest BCUT2D eigenvalue weighted by molar-refractivity contribution is 4.63. The van der Waals surface area contributed by atoms with Crippen molar-refractivity contribution in [2.45, 2.75) is 45.1 Å². The highest BCUT2D eigenvalue weighted by Gasteiger charge is 2.09. The van der Waals surface area contributed by atoms with Crippen molar-refractivity contribution >= 4 is 0 Å². The Bertz CT molecular complexity index is 68.0. The molecule has 0 unspecified atom stereocenters. The van der Waals surface area contributed by atoms with E-state index in [0.717, 1.165) is 19.4 Å². The van der Waals surface area contributed by atoms with Gasteiger partial charge in [-0.3, -0.25) is 0 Å². The molecule has 1 aliphatic carbocycles. The normalized spacial score (nSPS) is 17.7. The first-order valence-electron chi connectivity index (χ1n) is 4.64. The molecule has 1 rings (SSSR count). The summed E-state index contributed by atoms with van der Waals surface area (Å²) < 4.78 is 0. The Morgan fingerprint density at radius 1 is 1.36 bits per heavy atom. The first-order chi connectivity index (χ1) is 5.31. The molecule has 0 atom stereocenters. The molecule has 0 saturated heterocycles. The van der Waals surface area contributed by atoms with Gasteiger partial charge in [0.15, 0.2) is 0 Å². The maximum Gasteiger partial charge on any atom is 0.0540 e. The van der Waals surface area contributed by atoms with Crippen LogP contribution in [-0.2, 0) is 0 Å². The first kappa shape index (κ1) is 10.9. The number of nitrogens with one attached hydrogen (secondary N) is 1. The molecular formula is C9H21NO. The average Bonchev–Trinajstić information content (AvgIpc) is 2.43. The second-order valence-electron chi connectivity index (χ2n) is 3.04. The van der Waals surface area contributed by atoms with Crippen molar-refractivity contribution in [3.05, 3.63) is 0 Å². The molecule has 68 valence electrons. The van der Waals surface area contributed by atoms with E-state index >= 15 is 0 Å². The average molecular weight is 159 g/mol. The van der Waals surface area contributed by atoms with Gasteiger partial charge in [-0.25, -0.2) is 0 Å². The monoisotopic (exact) mass is 159 g/mol. The zero-order chi connectivity index (χ0) is 8.53. The maximum absolute atomic E-state index is 8.73. The summed E-state index contributed by atoms with van der Waals surface area (Å²) in [5.74, 6) is 0. The zero-order valence-corrected chi connectivity index (χ0v) is 7.77. The van der Waals surface area contributed by atoms with Crippen molar-refractivity contribution in [3.8, 4) is 0 Å². The van der Waals surface area contributed by atoms with Crippen LogP contribution in [0.3, 0.4) is 0 Å². The predicted molar refractivity (Wildman–Crippen MR) is 48.7 cm³/mol. The Hall–Kier alpha value is -0.0800. The second kappa shape index (κ2) is 8.02. The molecule has 0 bridgehead atoms. The lowest BCUT2D eigenvalue weighted by atomic mass is 10.3. The van der Waals surface area contributed by atoms with E-state index < -0.39 is 0 Å². The van der Waals surface area contributed by atoms with Gasteiger partial charge in [0.1, 0.15) is 0 Å². The Balaban J connectivity index is 0.000000187. The summed E-state index contributed by atoms with van der Waals surface area (Å²) in [4.78, 5) is 0. The third-order valence-corrected chi connectivity index (χ3v) is 1.82. The fourth-order valence-electron chi connectivity index (χ4n) is 1.15. The van der Waals surface area contributed by atoms with Gasteiger partial charge in [-0.1, -0.05) is 19.8 Å². The van der Waals surface area contributed by atoms with Crippen molar-refractivity contribution in [2.24, 2.45) is 0 Å². The van der Waals surface area contributed by atoms with Crippen molar-refractivity contribution in [3.63, 3.8) is 0 Å². The zero-order valence-electron chi connectivity index (χ0n) is 7.77. The number of hydrogen-bond donors (Lipinski definition) is 2. The molecule has 2 nitrogen and oxygen atoms in total. The van der Waals surface area contributed by atoms with Gasteiger partial charge in [-0.05, 0) is 32.9 Å². The maximum atomic E-state index is 8.73. The van der Waals surface area contributed by atoms with E-state index in [0.29, 0.717) is 0 Å². The van der Waals surface area contributed by atoms with Crippen molar-refractivity contribution in [1.29, 1.82) is 0 Å². The quantitative estimate of drug-likeness (QED) is 0.640. The molecule has 2 heteroatoms. The lowest BCUT2D eigenvalue weighted by Crippen LogP contribution is -2.04. The summed E-state index contributed by atoms with van der Waals surface area (Å²) in [7, 11) is 1.96. The van der Waals surface area contributed by atoms with Gasteiger partial charge in [0.25, 0.3) is 0 Å². The Morgan fingerprint density at radius 2 is 1.91 bits per heavy atom. The van der Waals surface area contributed by atoms with Crippen LogP contribution in [0.4, 0.5) is 0 Å². The van der Waals surface area contributed by atoms with Gasteiger partial charge in [0, 0.05) is 0 Å². The Kier molecular flexibility index (Phi) is 7.96. The molecule has 0 aliphatic heterocycles. The van der Waals surface area contributed by atoms with Gasteiger partial charge < -0.3 is 10.4 Å². The molecule has 11 heavy (non-hydrogen) atoms. The highest BCUT2D eigenvalue weighted by atomic mass is 16.3. The van der Waals surface area contributed by atoms with E-state index in [9.17, 15) is 0 Å². The van der Waals surface area contributed by atoms with E-state index in [-0.39, 0.29) is 6.10 Å². The minimum atomic E-state index is 0.0463. The molecular weight excluding hydrogens is 138 g/mol. The van der Waals surface area contributed by atoms with Crippen LogP contribution in [0.15, 0.2) is 0 Å². The van der Waals surface area contributed by atoms with Gasteiger partial charge in [-0.15, -0.1) is 0 Å². The molecule has 0 heterocycles. The van der Waals surface area contributed by atoms with Gasteiger partial charge in [0.05, 0.1) is 6.10 Å². The molecule has 0 aromatic rings. The molecule has 0 aromatic carbocycles. The molecule has 1 saturated carbocycles. The minimum absolute atomic E-state index is 0.0463. The summed E-state index contributed by atoms with van der Waals surface area (Å²) in [6, 6.07) is 0. The Morgan fingerprint density at radius 3 is 2.00 bits per heavy atom. The molecule has 0 spiro atoms. The lowest BCUT2D eigenvalue weighted by Gasteiger charge is -1.91. The molecule has 1 fully saturated rings. The number of hydrogen-bond acceptors (Lipinski definition) is 2. The fourth-order valence-corrected chi connectivity index (χ4v) is 1.15. The van der Waals surface area contributed by atoms with Crippen LogP contribution in [-0.4, -0.2) is 24.8 Å². The van der Waals surface area contributed by atoms with E-state index in [1.54, 1.807) is 0 Å². The van der Waals surface area contributed by atoms with Crippen molar-refractivity contribution < 1.29 is 5.11 Å². The van der Waals surface area contributed by atoms with Crippen molar-refractivity contribution in [2.75, 3.05) is 13.6 Å². The van der Waals surface area contributed by atoms with E-state index in [1.165, 1.54) is 19.3 Å². The smallest absolute Gasteiger partial charge is 0.0540 e. The number of aliphatic hydroxyl groups is 1. The minimum Gasteiger partial charge on any atom is -0.393 e. The van der Waals surface area contributed by atoms with Crippen LogP contribution in [0.5, 0.6) is 0 Å². The highest BCUT2D eigenvalue weighted by Crippen LogP contribution is 2.16.